The van der Waals surface area contributed by atoms with Crippen molar-refractivity contribution < 1.29 is 13.9 Å². The lowest BCUT2D eigenvalue weighted by atomic mass is 10.1. The summed E-state index contributed by atoms with van der Waals surface area (Å²) in [6, 6.07) is 6.67. The first-order chi connectivity index (χ1) is 10.6. The molecule has 2 aromatic rings. The van der Waals surface area contributed by atoms with Crippen LogP contribution in [0.3, 0.4) is 0 Å². The molecule has 0 bridgehead atoms. The molecule has 2 rings (SSSR count). The van der Waals surface area contributed by atoms with Crippen molar-refractivity contribution in [2.45, 2.75) is 33.1 Å². The highest BCUT2D eigenvalue weighted by Crippen LogP contribution is 2.22. The second kappa shape index (κ2) is 7.64. The van der Waals surface area contributed by atoms with E-state index in [9.17, 15) is 9.59 Å². The van der Waals surface area contributed by atoms with Gasteiger partial charge in [-0.25, -0.2) is 4.79 Å². The van der Waals surface area contributed by atoms with E-state index in [0.717, 1.165) is 30.2 Å². The van der Waals surface area contributed by atoms with Crippen LogP contribution in [-0.2, 0) is 4.79 Å². The fraction of sp³-hybridized carbons (Fsp3) is 0.412. The molecule has 1 heterocycles. The van der Waals surface area contributed by atoms with Crippen LogP contribution in [-0.4, -0.2) is 19.1 Å². The summed E-state index contributed by atoms with van der Waals surface area (Å²) < 4.78 is 10.6. The predicted octanol–water partition coefficient (Wildman–Crippen LogP) is 2.79. The van der Waals surface area contributed by atoms with Gasteiger partial charge in [-0.15, -0.1) is 0 Å². The highest BCUT2D eigenvalue weighted by atomic mass is 16.5. The molecule has 5 heteroatoms. The van der Waals surface area contributed by atoms with E-state index in [-0.39, 0.29) is 12.5 Å². The summed E-state index contributed by atoms with van der Waals surface area (Å²) in [6.07, 6.45) is 3.20. The zero-order valence-corrected chi connectivity index (χ0v) is 13.0. The van der Waals surface area contributed by atoms with E-state index >= 15 is 0 Å². The van der Waals surface area contributed by atoms with Crippen molar-refractivity contribution in [2.75, 3.05) is 13.2 Å². The third-order valence-electron chi connectivity index (χ3n) is 3.40. The fourth-order valence-electron chi connectivity index (χ4n) is 2.20. The monoisotopic (exact) mass is 303 g/mol. The maximum absolute atomic E-state index is 11.6. The Morgan fingerprint density at radius 2 is 2.09 bits per heavy atom. The number of amides is 1. The zero-order valence-electron chi connectivity index (χ0n) is 13.0. The van der Waals surface area contributed by atoms with E-state index in [1.165, 1.54) is 6.07 Å². The predicted molar refractivity (Wildman–Crippen MR) is 85.3 cm³/mol. The average molecular weight is 303 g/mol. The summed E-state index contributed by atoms with van der Waals surface area (Å²) in [6.45, 7) is 4.59. The van der Waals surface area contributed by atoms with Gasteiger partial charge in [0.15, 0.2) is 6.61 Å². The van der Waals surface area contributed by atoms with Gasteiger partial charge in [-0.05, 0) is 31.0 Å². The molecule has 0 atom stereocenters. The smallest absolute Gasteiger partial charge is 0.336 e. The highest BCUT2D eigenvalue weighted by Gasteiger charge is 2.06. The molecule has 1 N–H and O–H groups in total. The van der Waals surface area contributed by atoms with Gasteiger partial charge >= 0.3 is 5.63 Å². The number of unbranched alkanes of at least 4 members (excludes halogenated alkanes) is 2. The van der Waals surface area contributed by atoms with Crippen LogP contribution in [0.4, 0.5) is 0 Å². The first kappa shape index (κ1) is 16.1. The molecule has 0 aliphatic rings. The van der Waals surface area contributed by atoms with Crippen molar-refractivity contribution in [1.82, 2.24) is 5.32 Å². The summed E-state index contributed by atoms with van der Waals surface area (Å²) in [5.74, 6) is 0.354. The van der Waals surface area contributed by atoms with Crippen molar-refractivity contribution in [3.8, 4) is 5.75 Å². The molecule has 0 saturated heterocycles. The first-order valence-corrected chi connectivity index (χ1v) is 7.54. The molecule has 1 aromatic carbocycles. The second-order valence-corrected chi connectivity index (χ2v) is 5.25. The van der Waals surface area contributed by atoms with Crippen molar-refractivity contribution >= 4 is 16.9 Å². The Morgan fingerprint density at radius 3 is 2.86 bits per heavy atom. The van der Waals surface area contributed by atoms with Gasteiger partial charge in [-0.2, -0.15) is 0 Å². The van der Waals surface area contributed by atoms with Gasteiger partial charge in [-0.1, -0.05) is 19.8 Å². The molecule has 0 unspecified atom stereocenters. The van der Waals surface area contributed by atoms with Crippen molar-refractivity contribution in [3.05, 3.63) is 40.2 Å². The number of ether oxygens (including phenoxy) is 1. The Morgan fingerprint density at radius 1 is 1.27 bits per heavy atom. The number of hydrogen-bond acceptors (Lipinski definition) is 4. The maximum Gasteiger partial charge on any atom is 0.336 e. The van der Waals surface area contributed by atoms with Crippen LogP contribution in [0.5, 0.6) is 5.75 Å². The number of carbonyl (C=O) groups excluding carboxylic acids is 1. The van der Waals surface area contributed by atoms with Crippen LogP contribution in [0, 0.1) is 6.92 Å². The van der Waals surface area contributed by atoms with Crippen LogP contribution < -0.4 is 15.7 Å². The van der Waals surface area contributed by atoms with E-state index in [1.807, 2.05) is 13.0 Å². The van der Waals surface area contributed by atoms with Crippen LogP contribution in [0.1, 0.15) is 31.7 Å². The Kier molecular flexibility index (Phi) is 5.58. The van der Waals surface area contributed by atoms with Crippen LogP contribution in [0.2, 0.25) is 0 Å². The molecular formula is C17H21NO4. The summed E-state index contributed by atoms with van der Waals surface area (Å²) >= 11 is 0. The molecule has 118 valence electrons. The lowest BCUT2D eigenvalue weighted by Crippen LogP contribution is -2.29. The number of carbonyl (C=O) groups is 1. The highest BCUT2D eigenvalue weighted by molar-refractivity contribution is 5.81. The van der Waals surface area contributed by atoms with Gasteiger partial charge in [0.1, 0.15) is 11.3 Å². The standard InChI is InChI=1S/C17H21NO4/c1-3-4-5-8-18-16(19)11-21-13-6-7-14-12(2)9-17(20)22-15(14)10-13/h6-7,9-10H,3-5,8,11H2,1-2H3,(H,18,19). The molecule has 5 nitrogen and oxygen atoms in total. The van der Waals surface area contributed by atoms with Crippen molar-refractivity contribution in [1.29, 1.82) is 0 Å². The summed E-state index contributed by atoms with van der Waals surface area (Å²) in [7, 11) is 0. The van der Waals surface area contributed by atoms with Crippen LogP contribution in [0.15, 0.2) is 33.5 Å². The normalized spacial score (nSPS) is 10.6. The summed E-state index contributed by atoms with van der Waals surface area (Å²) in [5, 5.41) is 3.66. The van der Waals surface area contributed by atoms with Gasteiger partial charge in [0.2, 0.25) is 0 Å². The van der Waals surface area contributed by atoms with E-state index < -0.39 is 5.63 Å². The van der Waals surface area contributed by atoms with E-state index in [4.69, 9.17) is 9.15 Å². The summed E-state index contributed by atoms with van der Waals surface area (Å²) in [5.41, 5.74) is 0.924. The second-order valence-electron chi connectivity index (χ2n) is 5.25. The molecule has 0 aliphatic carbocycles. The zero-order chi connectivity index (χ0) is 15.9. The number of aryl methyl sites for hydroxylation is 1. The van der Waals surface area contributed by atoms with Gasteiger partial charge < -0.3 is 14.5 Å². The number of benzene rings is 1. The third kappa shape index (κ3) is 4.35. The molecule has 22 heavy (non-hydrogen) atoms. The Labute approximate surface area is 129 Å². The number of rotatable bonds is 7. The van der Waals surface area contributed by atoms with Crippen LogP contribution >= 0.6 is 0 Å². The van der Waals surface area contributed by atoms with E-state index in [2.05, 4.69) is 12.2 Å². The van der Waals surface area contributed by atoms with E-state index in [1.54, 1.807) is 12.1 Å². The average Bonchev–Trinajstić information content (AvgIpc) is 2.49. The molecule has 0 aliphatic heterocycles. The lowest BCUT2D eigenvalue weighted by Gasteiger charge is -2.08. The third-order valence-corrected chi connectivity index (χ3v) is 3.40. The lowest BCUT2D eigenvalue weighted by molar-refractivity contribution is -0.123. The molecule has 0 spiro atoms. The Balaban J connectivity index is 1.94. The molecule has 1 aromatic heterocycles. The Bertz CT molecular complexity index is 705. The first-order valence-electron chi connectivity index (χ1n) is 7.54. The molecule has 0 radical (unpaired) electrons. The molecule has 0 fully saturated rings. The Hall–Kier alpha value is -2.30. The van der Waals surface area contributed by atoms with Crippen molar-refractivity contribution in [3.63, 3.8) is 0 Å². The van der Waals surface area contributed by atoms with Gasteiger partial charge in [0, 0.05) is 24.1 Å². The topological polar surface area (TPSA) is 68.5 Å². The molecule has 1 amide bonds. The maximum atomic E-state index is 11.6. The van der Waals surface area contributed by atoms with Gasteiger partial charge in [0.25, 0.3) is 5.91 Å². The number of nitrogens with one attached hydrogen (secondary N) is 1. The molecule has 0 saturated carbocycles. The quantitative estimate of drug-likeness (QED) is 0.631. The minimum atomic E-state index is -0.393. The van der Waals surface area contributed by atoms with E-state index in [0.29, 0.717) is 17.9 Å². The molecular weight excluding hydrogens is 282 g/mol. The van der Waals surface area contributed by atoms with Gasteiger partial charge in [-0.3, -0.25) is 4.79 Å². The SMILES string of the molecule is CCCCCNC(=O)COc1ccc2c(C)cc(=O)oc2c1. The largest absolute Gasteiger partial charge is 0.484 e. The van der Waals surface area contributed by atoms with Crippen molar-refractivity contribution in [2.24, 2.45) is 0 Å². The number of fused-ring (bicyclic) bond motifs is 1. The van der Waals surface area contributed by atoms with Gasteiger partial charge in [0.05, 0.1) is 0 Å². The minimum absolute atomic E-state index is 0.0479. The van der Waals surface area contributed by atoms with Crippen LogP contribution in [0.25, 0.3) is 11.0 Å². The summed E-state index contributed by atoms with van der Waals surface area (Å²) in [4.78, 5) is 23.0. The minimum Gasteiger partial charge on any atom is -0.484 e. The number of hydrogen-bond donors (Lipinski definition) is 1. The fourth-order valence-corrected chi connectivity index (χ4v) is 2.20.